The third-order valence-corrected chi connectivity index (χ3v) is 3.18. The van der Waals surface area contributed by atoms with Crippen molar-refractivity contribution in [2.75, 3.05) is 5.73 Å². The quantitative estimate of drug-likeness (QED) is 0.812. The van der Waals surface area contributed by atoms with E-state index in [9.17, 15) is 0 Å². The Hall–Kier alpha value is -1.48. The zero-order chi connectivity index (χ0) is 13.3. The van der Waals surface area contributed by atoms with E-state index in [2.05, 4.69) is 49.7 Å². The maximum atomic E-state index is 6.12. The number of nitrogens with one attached hydrogen (secondary N) is 1. The minimum atomic E-state index is 0.413. The second kappa shape index (κ2) is 5.02. The minimum absolute atomic E-state index is 0.413. The van der Waals surface area contributed by atoms with Gasteiger partial charge >= 0.3 is 0 Å². The fraction of sp³-hybridized carbons (Fsp3) is 0.467. The third-order valence-electron chi connectivity index (χ3n) is 3.18. The highest BCUT2D eigenvalue weighted by atomic mass is 15.1. The van der Waals surface area contributed by atoms with Crippen molar-refractivity contribution in [3.05, 3.63) is 30.0 Å². The average molecular weight is 245 g/mol. The van der Waals surface area contributed by atoms with E-state index >= 15 is 0 Å². The zero-order valence-corrected chi connectivity index (χ0v) is 11.7. The highest BCUT2D eigenvalue weighted by molar-refractivity contribution is 5.91. The predicted octanol–water partition coefficient (Wildman–Crippen LogP) is 3.30. The Bertz CT molecular complexity index is 538. The van der Waals surface area contributed by atoms with Gasteiger partial charge < -0.3 is 15.6 Å². The molecule has 18 heavy (non-hydrogen) atoms. The molecule has 98 valence electrons. The van der Waals surface area contributed by atoms with Crippen LogP contribution in [-0.4, -0.2) is 10.6 Å². The topological polar surface area (TPSA) is 43.0 Å². The number of aromatic nitrogens is 1. The van der Waals surface area contributed by atoms with Crippen molar-refractivity contribution < 1.29 is 0 Å². The largest absolute Gasteiger partial charge is 0.397 e. The fourth-order valence-corrected chi connectivity index (χ4v) is 2.40. The number of nitrogen functional groups attached to an aromatic ring is 1. The van der Waals surface area contributed by atoms with Crippen LogP contribution in [0.25, 0.3) is 10.9 Å². The molecule has 0 spiro atoms. The van der Waals surface area contributed by atoms with Gasteiger partial charge in [-0.2, -0.15) is 0 Å². The van der Waals surface area contributed by atoms with Gasteiger partial charge in [-0.25, -0.2) is 0 Å². The zero-order valence-electron chi connectivity index (χ0n) is 11.7. The minimum Gasteiger partial charge on any atom is -0.397 e. The molecule has 0 fully saturated rings. The molecule has 3 nitrogen and oxygen atoms in total. The van der Waals surface area contributed by atoms with Crippen LogP contribution in [0.5, 0.6) is 0 Å². The van der Waals surface area contributed by atoms with E-state index in [-0.39, 0.29) is 0 Å². The highest BCUT2D eigenvalue weighted by Gasteiger charge is 2.13. The van der Waals surface area contributed by atoms with Gasteiger partial charge in [0.1, 0.15) is 0 Å². The lowest BCUT2D eigenvalue weighted by Gasteiger charge is -2.17. The molecule has 3 heteroatoms. The summed E-state index contributed by atoms with van der Waals surface area (Å²) in [4.78, 5) is 0. The summed E-state index contributed by atoms with van der Waals surface area (Å²) in [5.41, 5.74) is 9.44. The lowest BCUT2D eigenvalue weighted by molar-refractivity contribution is 0.535. The van der Waals surface area contributed by atoms with Crippen molar-refractivity contribution in [1.29, 1.82) is 0 Å². The van der Waals surface area contributed by atoms with Crippen LogP contribution in [0, 0.1) is 0 Å². The molecule has 1 heterocycles. The van der Waals surface area contributed by atoms with Gasteiger partial charge in [0.05, 0.1) is 11.2 Å². The van der Waals surface area contributed by atoms with Crippen molar-refractivity contribution in [1.82, 2.24) is 9.88 Å². The molecule has 0 saturated heterocycles. The van der Waals surface area contributed by atoms with Crippen LogP contribution >= 0.6 is 0 Å². The summed E-state index contributed by atoms with van der Waals surface area (Å²) in [5, 5.41) is 4.70. The number of fused-ring (bicyclic) bond motifs is 1. The lowest BCUT2D eigenvalue weighted by atomic mass is 10.2. The number of rotatable bonds is 4. The van der Waals surface area contributed by atoms with Gasteiger partial charge in [-0.15, -0.1) is 0 Å². The molecule has 0 radical (unpaired) electrons. The summed E-state index contributed by atoms with van der Waals surface area (Å²) >= 11 is 0. The monoisotopic (exact) mass is 245 g/mol. The van der Waals surface area contributed by atoms with Gasteiger partial charge in [0.15, 0.2) is 0 Å². The van der Waals surface area contributed by atoms with Gasteiger partial charge in [-0.1, -0.05) is 26.0 Å². The first-order valence-electron chi connectivity index (χ1n) is 6.62. The van der Waals surface area contributed by atoms with Crippen LogP contribution in [0.15, 0.2) is 24.3 Å². The number of hydrogen-bond acceptors (Lipinski definition) is 2. The maximum absolute atomic E-state index is 6.12. The number of anilines is 1. The SMILES string of the molecule is CC(C)NCc1cc2cccc(N)c2n1C(C)C. The second-order valence-electron chi connectivity index (χ2n) is 5.42. The molecular weight excluding hydrogens is 222 g/mol. The van der Waals surface area contributed by atoms with Gasteiger partial charge in [-0.05, 0) is 26.0 Å². The second-order valence-corrected chi connectivity index (χ2v) is 5.42. The van der Waals surface area contributed by atoms with Gasteiger partial charge in [0, 0.05) is 29.7 Å². The van der Waals surface area contributed by atoms with Crippen LogP contribution in [-0.2, 0) is 6.54 Å². The number of benzene rings is 1. The van der Waals surface area contributed by atoms with Crippen LogP contribution in [0.4, 0.5) is 5.69 Å². The van der Waals surface area contributed by atoms with E-state index in [0.29, 0.717) is 12.1 Å². The lowest BCUT2D eigenvalue weighted by Crippen LogP contribution is -2.23. The normalized spacial score (nSPS) is 11.9. The molecule has 0 unspecified atom stereocenters. The molecule has 1 aromatic heterocycles. The van der Waals surface area contributed by atoms with Crippen LogP contribution in [0.2, 0.25) is 0 Å². The third kappa shape index (κ3) is 2.36. The van der Waals surface area contributed by atoms with E-state index in [1.165, 1.54) is 11.1 Å². The maximum Gasteiger partial charge on any atom is 0.0718 e. The summed E-state index contributed by atoms with van der Waals surface area (Å²) < 4.78 is 2.33. The van der Waals surface area contributed by atoms with Crippen molar-refractivity contribution in [2.24, 2.45) is 0 Å². The first-order valence-corrected chi connectivity index (χ1v) is 6.62. The fourth-order valence-electron chi connectivity index (χ4n) is 2.40. The Balaban J connectivity index is 2.52. The van der Waals surface area contributed by atoms with Crippen LogP contribution < -0.4 is 11.1 Å². The molecule has 0 bridgehead atoms. The van der Waals surface area contributed by atoms with Crippen LogP contribution in [0.3, 0.4) is 0 Å². The Morgan fingerprint density at radius 1 is 1.22 bits per heavy atom. The Morgan fingerprint density at radius 2 is 1.94 bits per heavy atom. The molecule has 1 aromatic carbocycles. The standard InChI is InChI=1S/C15H23N3/c1-10(2)17-9-13-8-12-6-5-7-14(16)15(12)18(13)11(3)4/h5-8,10-11,17H,9,16H2,1-4H3. The Labute approximate surface area is 109 Å². The summed E-state index contributed by atoms with van der Waals surface area (Å²) in [7, 11) is 0. The van der Waals surface area contributed by atoms with Crippen molar-refractivity contribution in [3.63, 3.8) is 0 Å². The average Bonchev–Trinajstić information content (AvgIpc) is 2.66. The van der Waals surface area contributed by atoms with Crippen molar-refractivity contribution in [2.45, 2.75) is 46.3 Å². The summed E-state index contributed by atoms with van der Waals surface area (Å²) in [6.45, 7) is 9.60. The smallest absolute Gasteiger partial charge is 0.0718 e. The molecule has 2 aromatic rings. The number of nitrogens with zero attached hydrogens (tertiary/aromatic N) is 1. The van der Waals surface area contributed by atoms with E-state index in [0.717, 1.165) is 17.7 Å². The molecule has 0 aliphatic heterocycles. The van der Waals surface area contributed by atoms with E-state index < -0.39 is 0 Å². The molecule has 0 amide bonds. The molecule has 0 aliphatic carbocycles. The summed E-state index contributed by atoms with van der Waals surface area (Å²) in [6, 6.07) is 9.25. The molecule has 0 aliphatic rings. The van der Waals surface area contributed by atoms with Gasteiger partial charge in [-0.3, -0.25) is 0 Å². The van der Waals surface area contributed by atoms with Crippen LogP contribution in [0.1, 0.15) is 39.4 Å². The molecule has 2 rings (SSSR count). The highest BCUT2D eigenvalue weighted by Crippen LogP contribution is 2.28. The number of hydrogen-bond donors (Lipinski definition) is 2. The van der Waals surface area contributed by atoms with Gasteiger partial charge in [0.2, 0.25) is 0 Å². The Morgan fingerprint density at radius 3 is 2.56 bits per heavy atom. The van der Waals surface area contributed by atoms with Gasteiger partial charge in [0.25, 0.3) is 0 Å². The summed E-state index contributed by atoms with van der Waals surface area (Å²) in [5.74, 6) is 0. The first-order chi connectivity index (χ1) is 8.50. The van der Waals surface area contributed by atoms with E-state index in [4.69, 9.17) is 5.73 Å². The molecular formula is C15H23N3. The number of para-hydroxylation sites is 1. The predicted molar refractivity (Wildman–Crippen MR) is 78.7 cm³/mol. The summed E-state index contributed by atoms with van der Waals surface area (Å²) in [6.07, 6.45) is 0. The van der Waals surface area contributed by atoms with Crippen molar-refractivity contribution >= 4 is 16.6 Å². The number of nitrogens with two attached hydrogens (primary N) is 1. The molecule has 0 atom stereocenters. The Kier molecular flexibility index (Phi) is 3.62. The first kappa shape index (κ1) is 13.0. The van der Waals surface area contributed by atoms with Crippen molar-refractivity contribution in [3.8, 4) is 0 Å². The van der Waals surface area contributed by atoms with E-state index in [1.807, 2.05) is 12.1 Å². The molecule has 0 saturated carbocycles. The van der Waals surface area contributed by atoms with E-state index in [1.54, 1.807) is 0 Å². The molecule has 3 N–H and O–H groups in total.